The zero-order chi connectivity index (χ0) is 50.7. The fourth-order valence-corrected chi connectivity index (χ4v) is 9.57. The summed E-state index contributed by atoms with van der Waals surface area (Å²) >= 11 is 0. The molecule has 0 aliphatic rings. The van der Waals surface area contributed by atoms with Crippen molar-refractivity contribution >= 4 is 11.9 Å². The summed E-state index contributed by atoms with van der Waals surface area (Å²) in [6.07, 6.45) is 74.7. The van der Waals surface area contributed by atoms with Gasteiger partial charge in [-0.1, -0.05) is 275 Å². The van der Waals surface area contributed by atoms with Crippen LogP contribution in [-0.2, 0) is 14.3 Å². The third-order valence-corrected chi connectivity index (χ3v) is 14.4. The summed E-state index contributed by atoms with van der Waals surface area (Å²) in [5, 5.41) is 23.1. The second kappa shape index (κ2) is 59.6. The highest BCUT2D eigenvalue weighted by Gasteiger charge is 2.18. The Morgan fingerprint density at radius 1 is 0.386 bits per heavy atom. The summed E-state index contributed by atoms with van der Waals surface area (Å²) < 4.78 is 5.48. The lowest BCUT2D eigenvalue weighted by Gasteiger charge is -2.20. The van der Waals surface area contributed by atoms with Crippen LogP contribution in [0.15, 0.2) is 36.5 Å². The van der Waals surface area contributed by atoms with Gasteiger partial charge < -0.3 is 20.3 Å². The highest BCUT2D eigenvalue weighted by Crippen LogP contribution is 2.17. The van der Waals surface area contributed by atoms with Crippen molar-refractivity contribution in [2.24, 2.45) is 0 Å². The maximum Gasteiger partial charge on any atom is 0.305 e. The second-order valence-corrected chi connectivity index (χ2v) is 21.4. The van der Waals surface area contributed by atoms with E-state index < -0.39 is 12.1 Å². The van der Waals surface area contributed by atoms with Crippen LogP contribution in [0.3, 0.4) is 0 Å². The van der Waals surface area contributed by atoms with E-state index in [2.05, 4.69) is 43.5 Å². The van der Waals surface area contributed by atoms with Crippen molar-refractivity contribution in [2.75, 3.05) is 13.2 Å². The minimum absolute atomic E-state index is 0.00149. The van der Waals surface area contributed by atoms with E-state index in [-0.39, 0.29) is 18.5 Å². The largest absolute Gasteiger partial charge is 0.466 e. The quantitative estimate of drug-likeness (QED) is 0.0321. The molecule has 0 aromatic heterocycles. The predicted octanol–water partition coefficient (Wildman–Crippen LogP) is 19.6. The van der Waals surface area contributed by atoms with Crippen LogP contribution in [0.5, 0.6) is 0 Å². The van der Waals surface area contributed by atoms with Crippen molar-refractivity contribution in [3.8, 4) is 0 Å². The van der Waals surface area contributed by atoms with E-state index in [0.717, 1.165) is 51.4 Å². The molecule has 0 radical (unpaired) electrons. The highest BCUT2D eigenvalue weighted by atomic mass is 16.5. The Kier molecular flexibility index (Phi) is 58.0. The van der Waals surface area contributed by atoms with Gasteiger partial charge in [-0.05, 0) is 83.5 Å². The fraction of sp³-hybridized carbons (Fsp3) is 0.875. The van der Waals surface area contributed by atoms with Crippen LogP contribution in [0.2, 0.25) is 0 Å². The number of esters is 1. The topological polar surface area (TPSA) is 95.9 Å². The third kappa shape index (κ3) is 55.4. The van der Waals surface area contributed by atoms with Crippen molar-refractivity contribution in [1.82, 2.24) is 5.32 Å². The van der Waals surface area contributed by atoms with E-state index in [0.29, 0.717) is 19.4 Å². The molecule has 0 bridgehead atoms. The van der Waals surface area contributed by atoms with Gasteiger partial charge in [0.1, 0.15) is 0 Å². The molecule has 0 aromatic carbocycles. The Morgan fingerprint density at radius 3 is 1.01 bits per heavy atom. The number of allylic oxidation sites excluding steroid dienone is 5. The third-order valence-electron chi connectivity index (χ3n) is 14.4. The van der Waals surface area contributed by atoms with Gasteiger partial charge in [0.25, 0.3) is 0 Å². The molecule has 0 spiro atoms. The minimum Gasteiger partial charge on any atom is -0.466 e. The van der Waals surface area contributed by atoms with Gasteiger partial charge in [0.2, 0.25) is 5.91 Å². The van der Waals surface area contributed by atoms with Crippen LogP contribution >= 0.6 is 0 Å². The molecular weight excluding hydrogens is 863 g/mol. The lowest BCUT2D eigenvalue weighted by Crippen LogP contribution is -2.45. The molecule has 6 nitrogen and oxygen atoms in total. The van der Waals surface area contributed by atoms with Crippen LogP contribution in [0, 0.1) is 0 Å². The molecule has 412 valence electrons. The maximum absolute atomic E-state index is 12.5. The minimum atomic E-state index is -0.849. The molecule has 6 heteroatoms. The molecule has 0 rings (SSSR count). The number of carbonyl (C=O) groups excluding carboxylic acids is 2. The molecule has 2 unspecified atom stereocenters. The summed E-state index contributed by atoms with van der Waals surface area (Å²) in [5.74, 6) is -0.0722. The Labute approximate surface area is 436 Å². The maximum atomic E-state index is 12.5. The molecule has 1 amide bonds. The summed E-state index contributed by atoms with van der Waals surface area (Å²) in [7, 11) is 0. The Morgan fingerprint density at radius 2 is 0.671 bits per heavy atom. The van der Waals surface area contributed by atoms with Gasteiger partial charge in [0, 0.05) is 12.8 Å². The van der Waals surface area contributed by atoms with Crippen molar-refractivity contribution < 1.29 is 24.5 Å². The summed E-state index contributed by atoms with van der Waals surface area (Å²) in [6.45, 7) is 4.90. The van der Waals surface area contributed by atoms with Crippen LogP contribution in [-0.4, -0.2) is 47.4 Å². The van der Waals surface area contributed by atoms with Gasteiger partial charge in [-0.25, -0.2) is 0 Å². The predicted molar refractivity (Wildman–Crippen MR) is 306 cm³/mol. The van der Waals surface area contributed by atoms with E-state index in [9.17, 15) is 19.8 Å². The van der Waals surface area contributed by atoms with E-state index in [1.807, 2.05) is 6.08 Å². The van der Waals surface area contributed by atoms with Crippen molar-refractivity contribution in [3.05, 3.63) is 36.5 Å². The molecule has 0 saturated carbocycles. The van der Waals surface area contributed by atoms with E-state index >= 15 is 0 Å². The number of aliphatic hydroxyl groups is 2. The lowest BCUT2D eigenvalue weighted by molar-refractivity contribution is -0.143. The number of hydrogen-bond acceptors (Lipinski definition) is 5. The number of hydrogen-bond donors (Lipinski definition) is 3. The normalized spacial score (nSPS) is 12.8. The number of unbranched alkanes of at least 4 members (excludes halogenated alkanes) is 43. The van der Waals surface area contributed by atoms with E-state index in [4.69, 9.17) is 4.74 Å². The molecular formula is C64H121NO5. The van der Waals surface area contributed by atoms with Crippen molar-refractivity contribution in [3.63, 3.8) is 0 Å². The summed E-state index contributed by atoms with van der Waals surface area (Å²) in [6, 6.07) is -0.633. The molecule has 0 aliphatic carbocycles. The molecule has 0 aromatic rings. The van der Waals surface area contributed by atoms with Crippen LogP contribution in [0.1, 0.15) is 335 Å². The average Bonchev–Trinajstić information content (AvgIpc) is 3.36. The number of nitrogens with one attached hydrogen (secondary N) is 1. The molecule has 0 fully saturated rings. The molecule has 0 saturated heterocycles. The SMILES string of the molecule is CCCCCCCC/C=C\CCCCCCCC(=O)OCCCCCCCCCCCCC/C=C\CCCCCCCCCC(=O)NC(CO)C(O)/C=C/CCCCCCCCCCCCCCCC. The van der Waals surface area contributed by atoms with Crippen LogP contribution < -0.4 is 5.32 Å². The summed E-state index contributed by atoms with van der Waals surface area (Å²) in [4.78, 5) is 24.5. The number of ether oxygens (including phenoxy) is 1. The van der Waals surface area contributed by atoms with Crippen molar-refractivity contribution in [1.29, 1.82) is 0 Å². The lowest BCUT2D eigenvalue weighted by atomic mass is 10.0. The average molecular weight is 985 g/mol. The first-order valence-corrected chi connectivity index (χ1v) is 31.3. The Bertz CT molecular complexity index is 1130. The monoisotopic (exact) mass is 984 g/mol. The van der Waals surface area contributed by atoms with Crippen LogP contribution in [0.4, 0.5) is 0 Å². The number of rotatable bonds is 58. The highest BCUT2D eigenvalue weighted by molar-refractivity contribution is 5.76. The van der Waals surface area contributed by atoms with Gasteiger partial charge >= 0.3 is 5.97 Å². The number of carbonyl (C=O) groups is 2. The smallest absolute Gasteiger partial charge is 0.305 e. The van der Waals surface area contributed by atoms with Gasteiger partial charge in [-0.3, -0.25) is 9.59 Å². The first kappa shape index (κ1) is 68.1. The standard InChI is InChI=1S/C64H121NO5/c1-3-5-7-9-11-13-15-17-19-29-32-36-40-44-48-52-56-62(67)61(60-66)65-63(68)57-53-49-45-41-37-33-30-26-24-22-20-21-23-25-27-31-35-39-43-47-51-55-59-70-64(69)58-54-50-46-42-38-34-28-18-16-14-12-10-8-6-4-2/h18,22,24,28,52,56,61-62,66-67H,3-17,19-21,23,25-27,29-51,53-55,57-60H2,1-2H3,(H,65,68)/b24-22-,28-18-,56-52+. The summed E-state index contributed by atoms with van der Waals surface area (Å²) in [5.41, 5.74) is 0. The molecule has 3 N–H and O–H groups in total. The van der Waals surface area contributed by atoms with Crippen LogP contribution in [0.25, 0.3) is 0 Å². The van der Waals surface area contributed by atoms with Gasteiger partial charge in [-0.2, -0.15) is 0 Å². The molecule has 70 heavy (non-hydrogen) atoms. The second-order valence-electron chi connectivity index (χ2n) is 21.4. The van der Waals surface area contributed by atoms with Gasteiger partial charge in [0.15, 0.2) is 0 Å². The molecule has 0 heterocycles. The Hall–Kier alpha value is -1.92. The van der Waals surface area contributed by atoms with E-state index in [1.54, 1.807) is 6.08 Å². The zero-order valence-corrected chi connectivity index (χ0v) is 47.0. The van der Waals surface area contributed by atoms with E-state index in [1.165, 1.54) is 257 Å². The van der Waals surface area contributed by atoms with Gasteiger partial charge in [0.05, 0.1) is 25.4 Å². The van der Waals surface area contributed by atoms with Gasteiger partial charge in [-0.15, -0.1) is 0 Å². The first-order valence-electron chi connectivity index (χ1n) is 31.3. The van der Waals surface area contributed by atoms with Crippen molar-refractivity contribution in [2.45, 2.75) is 347 Å². The molecule has 2 atom stereocenters. The molecule has 0 aliphatic heterocycles. The first-order chi connectivity index (χ1) is 34.5. The Balaban J connectivity index is 3.44. The fourth-order valence-electron chi connectivity index (χ4n) is 9.57. The number of aliphatic hydroxyl groups excluding tert-OH is 2. The zero-order valence-electron chi connectivity index (χ0n) is 47.0. The number of amides is 1.